The van der Waals surface area contributed by atoms with E-state index in [-0.39, 0.29) is 6.04 Å². The van der Waals surface area contributed by atoms with Gasteiger partial charge in [0.05, 0.1) is 13.7 Å². The standard InChI is InChI=1S/C14H21NO2S/c1-16-7-8-18-13-6-4-10-3-5-11(17-2)9-12(10)14(13)15/h3,5,9,13-14H,4,6-8,15H2,1-2H3. The minimum Gasteiger partial charge on any atom is -0.497 e. The lowest BCUT2D eigenvalue weighted by atomic mass is 9.87. The second kappa shape index (κ2) is 6.45. The van der Waals surface area contributed by atoms with Gasteiger partial charge in [-0.25, -0.2) is 0 Å². The van der Waals surface area contributed by atoms with E-state index in [1.807, 2.05) is 17.8 Å². The lowest BCUT2D eigenvalue weighted by molar-refractivity contribution is 0.218. The molecule has 1 aliphatic carbocycles. The highest BCUT2D eigenvalue weighted by atomic mass is 32.2. The van der Waals surface area contributed by atoms with E-state index >= 15 is 0 Å². The van der Waals surface area contributed by atoms with Gasteiger partial charge in [-0.1, -0.05) is 6.07 Å². The summed E-state index contributed by atoms with van der Waals surface area (Å²) in [4.78, 5) is 0. The van der Waals surface area contributed by atoms with Crippen LogP contribution in [0.4, 0.5) is 0 Å². The first kappa shape index (κ1) is 13.7. The lowest BCUT2D eigenvalue weighted by Crippen LogP contribution is -2.30. The third kappa shape index (κ3) is 2.99. The van der Waals surface area contributed by atoms with Crippen molar-refractivity contribution in [3.63, 3.8) is 0 Å². The van der Waals surface area contributed by atoms with Crippen LogP contribution in [0, 0.1) is 0 Å². The van der Waals surface area contributed by atoms with E-state index in [1.165, 1.54) is 11.1 Å². The quantitative estimate of drug-likeness (QED) is 0.832. The molecule has 2 atom stereocenters. The van der Waals surface area contributed by atoms with Gasteiger partial charge < -0.3 is 15.2 Å². The number of ether oxygens (including phenoxy) is 2. The number of fused-ring (bicyclic) bond motifs is 1. The zero-order chi connectivity index (χ0) is 13.0. The first-order valence-electron chi connectivity index (χ1n) is 6.29. The fraction of sp³-hybridized carbons (Fsp3) is 0.571. The maximum atomic E-state index is 6.38. The molecule has 2 N–H and O–H groups in total. The van der Waals surface area contributed by atoms with Gasteiger partial charge in [-0.05, 0) is 36.1 Å². The third-order valence-corrected chi connectivity index (χ3v) is 4.79. The summed E-state index contributed by atoms with van der Waals surface area (Å²) in [6, 6.07) is 6.35. The summed E-state index contributed by atoms with van der Waals surface area (Å²) < 4.78 is 10.4. The van der Waals surface area contributed by atoms with Gasteiger partial charge in [0.25, 0.3) is 0 Å². The van der Waals surface area contributed by atoms with E-state index in [1.54, 1.807) is 14.2 Å². The number of benzene rings is 1. The molecule has 2 unspecified atom stereocenters. The summed E-state index contributed by atoms with van der Waals surface area (Å²) in [6.07, 6.45) is 2.26. The number of nitrogens with two attached hydrogens (primary N) is 1. The molecule has 4 heteroatoms. The first-order chi connectivity index (χ1) is 8.76. The van der Waals surface area contributed by atoms with Crippen LogP contribution in [0.15, 0.2) is 18.2 Å². The second-order valence-corrected chi connectivity index (χ2v) is 5.88. The average molecular weight is 267 g/mol. The van der Waals surface area contributed by atoms with Crippen LogP contribution in [0.2, 0.25) is 0 Å². The molecule has 0 spiro atoms. The van der Waals surface area contributed by atoms with Crippen molar-refractivity contribution in [2.24, 2.45) is 5.73 Å². The van der Waals surface area contributed by atoms with Crippen molar-refractivity contribution in [1.82, 2.24) is 0 Å². The summed E-state index contributed by atoms with van der Waals surface area (Å²) in [5, 5.41) is 0.486. The Balaban J connectivity index is 2.08. The van der Waals surface area contributed by atoms with Gasteiger partial charge >= 0.3 is 0 Å². The molecule has 1 aliphatic rings. The monoisotopic (exact) mass is 267 g/mol. The zero-order valence-electron chi connectivity index (χ0n) is 11.0. The molecule has 0 aromatic heterocycles. The van der Waals surface area contributed by atoms with Crippen LogP contribution in [0.5, 0.6) is 5.75 Å². The van der Waals surface area contributed by atoms with Crippen molar-refractivity contribution in [2.45, 2.75) is 24.1 Å². The van der Waals surface area contributed by atoms with Crippen molar-refractivity contribution in [2.75, 3.05) is 26.6 Å². The summed E-state index contributed by atoms with van der Waals surface area (Å²) >= 11 is 1.92. The van der Waals surface area contributed by atoms with E-state index in [4.69, 9.17) is 15.2 Å². The summed E-state index contributed by atoms with van der Waals surface area (Å²) in [7, 11) is 3.43. The SMILES string of the molecule is COCCSC1CCc2ccc(OC)cc2C1N. The highest BCUT2D eigenvalue weighted by molar-refractivity contribution is 7.99. The van der Waals surface area contributed by atoms with Crippen molar-refractivity contribution in [1.29, 1.82) is 0 Å². The van der Waals surface area contributed by atoms with E-state index in [0.717, 1.165) is 31.0 Å². The Hall–Kier alpha value is -0.710. The normalized spacial score (nSPS) is 22.6. The smallest absolute Gasteiger partial charge is 0.119 e. The molecule has 3 nitrogen and oxygen atoms in total. The topological polar surface area (TPSA) is 44.5 Å². The van der Waals surface area contributed by atoms with E-state index in [9.17, 15) is 0 Å². The predicted molar refractivity (Wildman–Crippen MR) is 76.4 cm³/mol. The van der Waals surface area contributed by atoms with Crippen LogP contribution in [0.3, 0.4) is 0 Å². The Kier molecular flexibility index (Phi) is 4.92. The van der Waals surface area contributed by atoms with Gasteiger partial charge in [0.15, 0.2) is 0 Å². The molecule has 0 fully saturated rings. The zero-order valence-corrected chi connectivity index (χ0v) is 11.8. The molecule has 0 saturated heterocycles. The molecule has 2 rings (SSSR count). The van der Waals surface area contributed by atoms with Crippen LogP contribution < -0.4 is 10.5 Å². The molecular weight excluding hydrogens is 246 g/mol. The average Bonchev–Trinajstić information content (AvgIpc) is 2.41. The van der Waals surface area contributed by atoms with Gasteiger partial charge in [0, 0.05) is 24.2 Å². The van der Waals surface area contributed by atoms with Crippen molar-refractivity contribution >= 4 is 11.8 Å². The van der Waals surface area contributed by atoms with E-state index in [2.05, 4.69) is 12.1 Å². The molecule has 0 saturated carbocycles. The molecule has 0 amide bonds. The number of aryl methyl sites for hydroxylation is 1. The van der Waals surface area contributed by atoms with Crippen LogP contribution >= 0.6 is 11.8 Å². The molecule has 0 bridgehead atoms. The number of hydrogen-bond donors (Lipinski definition) is 1. The van der Waals surface area contributed by atoms with Crippen LogP contribution in [0.1, 0.15) is 23.6 Å². The Morgan fingerprint density at radius 1 is 1.39 bits per heavy atom. The fourth-order valence-corrected chi connectivity index (χ4v) is 3.59. The predicted octanol–water partition coefficient (Wildman–Crippen LogP) is 2.39. The number of methoxy groups -OCH3 is 2. The number of thioether (sulfide) groups is 1. The first-order valence-corrected chi connectivity index (χ1v) is 7.34. The Bertz CT molecular complexity index is 397. The van der Waals surface area contributed by atoms with Crippen molar-refractivity contribution < 1.29 is 9.47 Å². The van der Waals surface area contributed by atoms with Gasteiger partial charge in [-0.3, -0.25) is 0 Å². The summed E-state index contributed by atoms with van der Waals surface area (Å²) in [6.45, 7) is 0.791. The number of hydrogen-bond acceptors (Lipinski definition) is 4. The van der Waals surface area contributed by atoms with Crippen LogP contribution in [0.25, 0.3) is 0 Å². The Morgan fingerprint density at radius 3 is 2.94 bits per heavy atom. The third-order valence-electron chi connectivity index (χ3n) is 3.43. The summed E-state index contributed by atoms with van der Waals surface area (Å²) in [5.74, 6) is 1.90. The highest BCUT2D eigenvalue weighted by Gasteiger charge is 2.27. The van der Waals surface area contributed by atoms with Crippen LogP contribution in [-0.4, -0.2) is 31.8 Å². The molecule has 0 aliphatic heterocycles. The van der Waals surface area contributed by atoms with Gasteiger partial charge in [-0.15, -0.1) is 0 Å². The van der Waals surface area contributed by atoms with E-state index in [0.29, 0.717) is 5.25 Å². The number of rotatable bonds is 5. The fourth-order valence-electron chi connectivity index (χ4n) is 2.39. The van der Waals surface area contributed by atoms with E-state index < -0.39 is 0 Å². The highest BCUT2D eigenvalue weighted by Crippen LogP contribution is 2.36. The maximum absolute atomic E-state index is 6.38. The molecule has 1 aromatic rings. The molecular formula is C14H21NO2S. The molecule has 0 heterocycles. The maximum Gasteiger partial charge on any atom is 0.119 e. The molecule has 18 heavy (non-hydrogen) atoms. The molecule has 100 valence electrons. The van der Waals surface area contributed by atoms with Gasteiger partial charge in [-0.2, -0.15) is 11.8 Å². The molecule has 0 radical (unpaired) electrons. The Labute approximate surface area is 113 Å². The van der Waals surface area contributed by atoms with Gasteiger partial charge in [0.2, 0.25) is 0 Å². The lowest BCUT2D eigenvalue weighted by Gasteiger charge is -2.31. The minimum absolute atomic E-state index is 0.103. The Morgan fingerprint density at radius 2 is 2.22 bits per heavy atom. The minimum atomic E-state index is 0.103. The van der Waals surface area contributed by atoms with Gasteiger partial charge in [0.1, 0.15) is 5.75 Å². The molecule has 1 aromatic carbocycles. The second-order valence-electron chi connectivity index (χ2n) is 4.53. The largest absolute Gasteiger partial charge is 0.497 e. The van der Waals surface area contributed by atoms with Crippen LogP contribution in [-0.2, 0) is 11.2 Å². The summed E-state index contributed by atoms with van der Waals surface area (Å²) in [5.41, 5.74) is 8.99. The van der Waals surface area contributed by atoms with Crippen molar-refractivity contribution in [3.8, 4) is 5.75 Å². The van der Waals surface area contributed by atoms with Crippen molar-refractivity contribution in [3.05, 3.63) is 29.3 Å².